The Bertz CT molecular complexity index is 496. The molecular formula is C11H13N3O. The van der Waals surface area contributed by atoms with Gasteiger partial charge in [0.1, 0.15) is 5.75 Å². The van der Waals surface area contributed by atoms with Gasteiger partial charge in [0.05, 0.1) is 24.0 Å². The molecule has 4 nitrogen and oxygen atoms in total. The van der Waals surface area contributed by atoms with E-state index in [9.17, 15) is 0 Å². The summed E-state index contributed by atoms with van der Waals surface area (Å²) in [5.41, 5.74) is 5.24. The molecule has 0 bridgehead atoms. The molecule has 2 aromatic rings. The van der Waals surface area contributed by atoms with Crippen LogP contribution in [0, 0.1) is 6.92 Å². The first-order chi connectivity index (χ1) is 7.24. The lowest BCUT2D eigenvalue weighted by molar-refractivity contribution is 0.415. The number of pyridine rings is 1. The number of aryl methyl sites for hydroxylation is 1. The lowest BCUT2D eigenvalue weighted by Gasteiger charge is -2.07. The van der Waals surface area contributed by atoms with Crippen molar-refractivity contribution < 1.29 is 4.74 Å². The summed E-state index contributed by atoms with van der Waals surface area (Å²) in [7, 11) is 1.64. The third kappa shape index (κ3) is 1.71. The van der Waals surface area contributed by atoms with Gasteiger partial charge in [0.2, 0.25) is 0 Å². The number of nitrogens with zero attached hydrogens (tertiary/aromatic N) is 1. The third-order valence-corrected chi connectivity index (χ3v) is 2.37. The Morgan fingerprint density at radius 1 is 1.33 bits per heavy atom. The number of hydrogen-bond acceptors (Lipinski definition) is 4. The number of fused-ring (bicyclic) bond motifs is 1. The Morgan fingerprint density at radius 3 is 2.80 bits per heavy atom. The molecule has 0 aliphatic carbocycles. The standard InChI is InChI=1S/C11H13N3O/c1-7-10(14-12)5-8-3-4-9(15-2)6-11(8)13-7/h3-6,14H,12H2,1-2H3. The van der Waals surface area contributed by atoms with Gasteiger partial charge in [-0.2, -0.15) is 0 Å². The van der Waals surface area contributed by atoms with Crippen molar-refractivity contribution in [1.29, 1.82) is 0 Å². The first-order valence-electron chi connectivity index (χ1n) is 4.66. The molecule has 0 amide bonds. The number of nitrogen functional groups attached to an aromatic ring is 1. The fraction of sp³-hybridized carbons (Fsp3) is 0.182. The zero-order valence-electron chi connectivity index (χ0n) is 8.74. The van der Waals surface area contributed by atoms with Crippen molar-refractivity contribution in [1.82, 2.24) is 4.98 Å². The van der Waals surface area contributed by atoms with E-state index in [4.69, 9.17) is 10.6 Å². The van der Waals surface area contributed by atoms with Gasteiger partial charge in [-0.05, 0) is 25.1 Å². The van der Waals surface area contributed by atoms with Crippen LogP contribution in [0.4, 0.5) is 5.69 Å². The molecule has 0 aliphatic rings. The first kappa shape index (κ1) is 9.73. The van der Waals surface area contributed by atoms with Crippen LogP contribution in [0.25, 0.3) is 10.9 Å². The molecule has 1 aromatic carbocycles. The summed E-state index contributed by atoms with van der Waals surface area (Å²) >= 11 is 0. The summed E-state index contributed by atoms with van der Waals surface area (Å²) in [4.78, 5) is 4.43. The van der Waals surface area contributed by atoms with Gasteiger partial charge < -0.3 is 10.2 Å². The minimum absolute atomic E-state index is 0.808. The number of benzene rings is 1. The molecule has 1 heterocycles. The summed E-state index contributed by atoms with van der Waals surface area (Å²) in [5.74, 6) is 6.19. The first-order valence-corrected chi connectivity index (χ1v) is 4.66. The van der Waals surface area contributed by atoms with E-state index in [1.165, 1.54) is 0 Å². The van der Waals surface area contributed by atoms with Gasteiger partial charge in [-0.3, -0.25) is 10.8 Å². The summed E-state index contributed by atoms with van der Waals surface area (Å²) in [6.07, 6.45) is 0. The second-order valence-electron chi connectivity index (χ2n) is 3.32. The van der Waals surface area contributed by atoms with Crippen molar-refractivity contribution in [3.8, 4) is 5.75 Å². The topological polar surface area (TPSA) is 60.2 Å². The SMILES string of the molecule is COc1ccc2cc(NN)c(C)nc2c1. The van der Waals surface area contributed by atoms with Crippen molar-refractivity contribution in [2.24, 2.45) is 5.84 Å². The van der Waals surface area contributed by atoms with Gasteiger partial charge in [-0.1, -0.05) is 0 Å². The van der Waals surface area contributed by atoms with Gasteiger partial charge in [-0.25, -0.2) is 0 Å². The minimum atomic E-state index is 0.808. The molecule has 2 rings (SSSR count). The molecule has 78 valence electrons. The highest BCUT2D eigenvalue weighted by atomic mass is 16.5. The second-order valence-corrected chi connectivity index (χ2v) is 3.32. The zero-order chi connectivity index (χ0) is 10.8. The number of hydrogen-bond donors (Lipinski definition) is 2. The lowest BCUT2D eigenvalue weighted by Crippen LogP contribution is -2.08. The van der Waals surface area contributed by atoms with Crippen LogP contribution in [0.1, 0.15) is 5.69 Å². The Kier molecular flexibility index (Phi) is 2.43. The highest BCUT2D eigenvalue weighted by molar-refractivity contribution is 5.83. The summed E-state index contributed by atoms with van der Waals surface area (Å²) in [6.45, 7) is 1.91. The van der Waals surface area contributed by atoms with E-state index in [1.54, 1.807) is 7.11 Å². The zero-order valence-corrected chi connectivity index (χ0v) is 8.74. The van der Waals surface area contributed by atoms with Crippen LogP contribution in [-0.4, -0.2) is 12.1 Å². The molecule has 0 aliphatic heterocycles. The van der Waals surface area contributed by atoms with Gasteiger partial charge in [0, 0.05) is 11.5 Å². The second kappa shape index (κ2) is 3.74. The fourth-order valence-corrected chi connectivity index (χ4v) is 1.52. The number of hydrazine groups is 1. The molecule has 0 atom stereocenters. The van der Waals surface area contributed by atoms with Crippen molar-refractivity contribution in [2.45, 2.75) is 6.92 Å². The average molecular weight is 203 g/mol. The van der Waals surface area contributed by atoms with Crippen LogP contribution in [0.3, 0.4) is 0 Å². The Balaban J connectivity index is 2.65. The molecule has 0 spiro atoms. The van der Waals surface area contributed by atoms with Crippen LogP contribution in [-0.2, 0) is 0 Å². The molecule has 0 saturated carbocycles. The molecule has 15 heavy (non-hydrogen) atoms. The number of anilines is 1. The van der Waals surface area contributed by atoms with Crippen molar-refractivity contribution in [2.75, 3.05) is 12.5 Å². The van der Waals surface area contributed by atoms with Crippen LogP contribution in [0.15, 0.2) is 24.3 Å². The van der Waals surface area contributed by atoms with Crippen LogP contribution in [0.2, 0.25) is 0 Å². The largest absolute Gasteiger partial charge is 0.497 e. The maximum absolute atomic E-state index is 5.38. The van der Waals surface area contributed by atoms with Gasteiger partial charge in [-0.15, -0.1) is 0 Å². The fourth-order valence-electron chi connectivity index (χ4n) is 1.52. The number of ether oxygens (including phenoxy) is 1. The van der Waals surface area contributed by atoms with E-state index in [0.717, 1.165) is 28.0 Å². The maximum atomic E-state index is 5.38. The lowest BCUT2D eigenvalue weighted by atomic mass is 10.2. The molecule has 3 N–H and O–H groups in total. The molecule has 4 heteroatoms. The normalized spacial score (nSPS) is 10.3. The predicted octanol–water partition coefficient (Wildman–Crippen LogP) is 1.84. The van der Waals surface area contributed by atoms with E-state index in [-0.39, 0.29) is 0 Å². The molecule has 0 saturated heterocycles. The highest BCUT2D eigenvalue weighted by Crippen LogP contribution is 2.23. The summed E-state index contributed by atoms with van der Waals surface area (Å²) < 4.78 is 5.14. The van der Waals surface area contributed by atoms with Crippen molar-refractivity contribution >= 4 is 16.6 Å². The molecular weight excluding hydrogens is 190 g/mol. The summed E-state index contributed by atoms with van der Waals surface area (Å²) in [5, 5.41) is 1.04. The molecule has 0 radical (unpaired) electrons. The Hall–Kier alpha value is -1.81. The quantitative estimate of drug-likeness (QED) is 0.577. The van der Waals surface area contributed by atoms with E-state index in [1.807, 2.05) is 31.2 Å². The van der Waals surface area contributed by atoms with Crippen molar-refractivity contribution in [3.63, 3.8) is 0 Å². The third-order valence-electron chi connectivity index (χ3n) is 2.37. The van der Waals surface area contributed by atoms with Gasteiger partial charge in [0.15, 0.2) is 0 Å². The molecule has 0 fully saturated rings. The van der Waals surface area contributed by atoms with Gasteiger partial charge in [0.25, 0.3) is 0 Å². The molecule has 0 unspecified atom stereocenters. The Morgan fingerprint density at radius 2 is 2.13 bits per heavy atom. The predicted molar refractivity (Wildman–Crippen MR) is 60.8 cm³/mol. The number of aromatic nitrogens is 1. The number of nitrogens with one attached hydrogen (secondary N) is 1. The highest BCUT2D eigenvalue weighted by Gasteiger charge is 2.02. The van der Waals surface area contributed by atoms with E-state index in [2.05, 4.69) is 10.4 Å². The van der Waals surface area contributed by atoms with Crippen LogP contribution in [0.5, 0.6) is 5.75 Å². The summed E-state index contributed by atoms with van der Waals surface area (Å²) in [6, 6.07) is 7.74. The smallest absolute Gasteiger partial charge is 0.121 e. The number of nitrogens with two attached hydrogens (primary N) is 1. The maximum Gasteiger partial charge on any atom is 0.121 e. The monoisotopic (exact) mass is 203 g/mol. The molecule has 1 aromatic heterocycles. The van der Waals surface area contributed by atoms with Gasteiger partial charge >= 0.3 is 0 Å². The van der Waals surface area contributed by atoms with Crippen LogP contribution < -0.4 is 16.0 Å². The van der Waals surface area contributed by atoms with Crippen LogP contribution >= 0.6 is 0 Å². The average Bonchev–Trinajstić information content (AvgIpc) is 2.27. The number of methoxy groups -OCH3 is 1. The van der Waals surface area contributed by atoms with E-state index < -0.39 is 0 Å². The number of rotatable bonds is 2. The van der Waals surface area contributed by atoms with E-state index in [0.29, 0.717) is 0 Å². The van der Waals surface area contributed by atoms with Crippen molar-refractivity contribution in [3.05, 3.63) is 30.0 Å². The van der Waals surface area contributed by atoms with E-state index >= 15 is 0 Å². The minimum Gasteiger partial charge on any atom is -0.497 e. The Labute approximate surface area is 88.0 Å².